The van der Waals surface area contributed by atoms with E-state index in [9.17, 15) is 8.42 Å². The first-order chi connectivity index (χ1) is 19.4. The van der Waals surface area contributed by atoms with Crippen molar-refractivity contribution in [3.8, 4) is 34.1 Å². The molecule has 1 aliphatic heterocycles. The topological polar surface area (TPSA) is 99.8 Å². The zero-order valence-electron chi connectivity index (χ0n) is 23.0. The van der Waals surface area contributed by atoms with Crippen LogP contribution in [0, 0.1) is 0 Å². The van der Waals surface area contributed by atoms with Crippen molar-refractivity contribution in [2.45, 2.75) is 19.4 Å². The van der Waals surface area contributed by atoms with E-state index < -0.39 is 10.2 Å². The van der Waals surface area contributed by atoms with Crippen molar-refractivity contribution in [2.75, 3.05) is 45.3 Å². The lowest BCUT2D eigenvalue weighted by Gasteiger charge is -2.40. The minimum atomic E-state index is -3.65. The summed E-state index contributed by atoms with van der Waals surface area (Å²) in [5.74, 6) is 2.31. The van der Waals surface area contributed by atoms with Gasteiger partial charge in [0.2, 0.25) is 0 Å². The molecule has 1 saturated heterocycles. The Bertz CT molecular complexity index is 1510. The highest BCUT2D eigenvalue weighted by Gasteiger charge is 2.31. The molecule has 4 aromatic rings. The zero-order valence-corrected chi connectivity index (χ0v) is 23.8. The summed E-state index contributed by atoms with van der Waals surface area (Å²) in [5, 5.41) is 0. The Hall–Kier alpha value is -3.86. The maximum Gasteiger partial charge on any atom is 0.279 e. The van der Waals surface area contributed by atoms with E-state index in [1.807, 2.05) is 85.8 Å². The molecule has 0 saturated carbocycles. The van der Waals surface area contributed by atoms with Gasteiger partial charge in [-0.1, -0.05) is 30.3 Å². The van der Waals surface area contributed by atoms with Gasteiger partial charge in [-0.2, -0.15) is 12.7 Å². The summed E-state index contributed by atoms with van der Waals surface area (Å²) in [4.78, 5) is 10.5. The number of H-pyrrole nitrogens is 1. The van der Waals surface area contributed by atoms with Crippen molar-refractivity contribution in [1.29, 1.82) is 0 Å². The molecule has 1 atom stereocenters. The maximum atomic E-state index is 13.2. The van der Waals surface area contributed by atoms with Gasteiger partial charge in [-0.3, -0.25) is 0 Å². The molecule has 1 aromatic heterocycles. The molecular weight excluding hydrogens is 526 g/mol. The lowest BCUT2D eigenvalue weighted by atomic mass is 10.1. The van der Waals surface area contributed by atoms with Crippen LogP contribution in [-0.4, -0.2) is 69.1 Å². The summed E-state index contributed by atoms with van der Waals surface area (Å²) in [6.07, 6.45) is 0.436. The summed E-state index contributed by atoms with van der Waals surface area (Å²) in [6.45, 7) is 3.69. The van der Waals surface area contributed by atoms with Crippen LogP contribution in [0.15, 0.2) is 78.9 Å². The van der Waals surface area contributed by atoms with E-state index in [-0.39, 0.29) is 12.6 Å². The van der Waals surface area contributed by atoms with Crippen molar-refractivity contribution < 1.29 is 17.9 Å². The van der Waals surface area contributed by atoms with E-state index >= 15 is 0 Å². The van der Waals surface area contributed by atoms with Crippen LogP contribution in [0.25, 0.3) is 22.6 Å². The smallest absolute Gasteiger partial charge is 0.279 e. The van der Waals surface area contributed by atoms with Gasteiger partial charge in [0.05, 0.1) is 25.6 Å². The van der Waals surface area contributed by atoms with Crippen LogP contribution >= 0.6 is 0 Å². The van der Waals surface area contributed by atoms with Crippen molar-refractivity contribution in [3.63, 3.8) is 0 Å². The summed E-state index contributed by atoms with van der Waals surface area (Å²) in [6, 6.07) is 25.5. The number of hydrogen-bond donors (Lipinski definition) is 2. The van der Waals surface area contributed by atoms with Gasteiger partial charge in [0, 0.05) is 55.5 Å². The first-order valence-electron chi connectivity index (χ1n) is 13.3. The van der Waals surface area contributed by atoms with Crippen molar-refractivity contribution in [2.24, 2.45) is 0 Å². The van der Waals surface area contributed by atoms with E-state index in [1.54, 1.807) is 14.2 Å². The van der Waals surface area contributed by atoms with Gasteiger partial charge < -0.3 is 19.4 Å². The molecule has 2 N–H and O–H groups in total. The third kappa shape index (κ3) is 6.14. The molecule has 1 fully saturated rings. The van der Waals surface area contributed by atoms with Crippen LogP contribution in [0.5, 0.6) is 11.5 Å². The number of aromatic nitrogens is 2. The molecule has 40 heavy (non-hydrogen) atoms. The summed E-state index contributed by atoms with van der Waals surface area (Å²) < 4.78 is 41.4. The van der Waals surface area contributed by atoms with Gasteiger partial charge in [0.1, 0.15) is 17.3 Å². The second kappa shape index (κ2) is 12.1. The average Bonchev–Trinajstić information content (AvgIpc) is 3.41. The first-order valence-corrected chi connectivity index (χ1v) is 14.8. The third-order valence-electron chi connectivity index (χ3n) is 7.19. The Morgan fingerprint density at radius 1 is 0.900 bits per heavy atom. The number of benzene rings is 3. The number of aromatic amines is 1. The number of nitrogens with zero attached hydrogens (tertiary/aromatic N) is 3. The molecule has 210 valence electrons. The summed E-state index contributed by atoms with van der Waals surface area (Å²) >= 11 is 0. The van der Waals surface area contributed by atoms with Crippen molar-refractivity contribution in [3.05, 3.63) is 84.6 Å². The zero-order chi connectivity index (χ0) is 28.1. The number of rotatable bonds is 10. The molecule has 1 unspecified atom stereocenters. The predicted molar refractivity (Wildman–Crippen MR) is 158 cm³/mol. The molecule has 0 spiro atoms. The fourth-order valence-electron chi connectivity index (χ4n) is 5.01. The highest BCUT2D eigenvalue weighted by atomic mass is 32.2. The third-order valence-corrected chi connectivity index (χ3v) is 8.77. The van der Waals surface area contributed by atoms with Crippen molar-refractivity contribution in [1.82, 2.24) is 19.0 Å². The SMILES string of the molecule is COc1ccc(-c2[nH]c(-c3ccccc3)nc2CCNS(=O)(=O)N2CCN(c3ccc(OC)cc3)C(C)C2)cc1. The lowest BCUT2D eigenvalue weighted by molar-refractivity contribution is 0.338. The molecule has 0 bridgehead atoms. The van der Waals surface area contributed by atoms with Crippen LogP contribution in [0.2, 0.25) is 0 Å². The average molecular weight is 562 g/mol. The molecule has 1 aliphatic rings. The summed E-state index contributed by atoms with van der Waals surface area (Å²) in [7, 11) is -0.376. The van der Waals surface area contributed by atoms with Gasteiger partial charge in [-0.15, -0.1) is 0 Å². The number of piperazine rings is 1. The minimum absolute atomic E-state index is 0.0279. The summed E-state index contributed by atoms with van der Waals surface area (Å²) in [5.41, 5.74) is 4.63. The molecule has 5 rings (SSSR count). The van der Waals surface area contributed by atoms with Crippen LogP contribution in [0.1, 0.15) is 12.6 Å². The van der Waals surface area contributed by atoms with E-state index in [2.05, 4.69) is 14.6 Å². The molecular formula is C30H35N5O4S. The van der Waals surface area contributed by atoms with Gasteiger partial charge in [-0.05, 0) is 55.5 Å². The van der Waals surface area contributed by atoms with Crippen molar-refractivity contribution >= 4 is 15.9 Å². The van der Waals surface area contributed by atoms with Gasteiger partial charge >= 0.3 is 0 Å². The van der Waals surface area contributed by atoms with Crippen LogP contribution in [0.3, 0.4) is 0 Å². The first kappa shape index (κ1) is 27.7. The van der Waals surface area contributed by atoms with E-state index in [1.165, 1.54) is 4.31 Å². The largest absolute Gasteiger partial charge is 0.497 e. The molecule has 10 heteroatoms. The Balaban J connectivity index is 1.26. The highest BCUT2D eigenvalue weighted by molar-refractivity contribution is 7.87. The minimum Gasteiger partial charge on any atom is -0.497 e. The number of ether oxygens (including phenoxy) is 2. The second-order valence-corrected chi connectivity index (χ2v) is 11.5. The monoisotopic (exact) mass is 561 g/mol. The standard InChI is InChI=1S/C30H35N5O4S/c1-22-21-34(19-20-35(22)25-11-15-27(39-3)16-12-25)40(36,37)31-18-17-28-29(23-9-13-26(38-2)14-10-23)33-30(32-28)24-7-5-4-6-8-24/h4-16,22,31H,17-21H2,1-3H3,(H,32,33). The maximum absolute atomic E-state index is 13.2. The van der Waals surface area contributed by atoms with Crippen LogP contribution in [0.4, 0.5) is 5.69 Å². The molecule has 0 amide bonds. The molecule has 3 aromatic carbocycles. The van der Waals surface area contributed by atoms with Crippen LogP contribution in [-0.2, 0) is 16.6 Å². The normalized spacial score (nSPS) is 16.2. The van der Waals surface area contributed by atoms with E-state index in [0.717, 1.165) is 45.5 Å². The van der Waals surface area contributed by atoms with Gasteiger partial charge in [0.25, 0.3) is 10.2 Å². The van der Waals surface area contributed by atoms with E-state index in [0.29, 0.717) is 26.1 Å². The van der Waals surface area contributed by atoms with E-state index in [4.69, 9.17) is 14.5 Å². The second-order valence-electron chi connectivity index (χ2n) is 9.75. The number of nitrogens with one attached hydrogen (secondary N) is 2. The van der Waals surface area contributed by atoms with Crippen LogP contribution < -0.4 is 19.1 Å². The fourth-order valence-corrected chi connectivity index (χ4v) is 6.29. The fraction of sp³-hybridized carbons (Fsp3) is 0.300. The molecule has 0 aliphatic carbocycles. The number of hydrogen-bond acceptors (Lipinski definition) is 6. The Morgan fingerprint density at radius 3 is 2.17 bits per heavy atom. The number of imidazole rings is 1. The lowest BCUT2D eigenvalue weighted by Crippen LogP contribution is -2.56. The molecule has 9 nitrogen and oxygen atoms in total. The quantitative estimate of drug-likeness (QED) is 0.299. The number of methoxy groups -OCH3 is 2. The molecule has 2 heterocycles. The molecule has 0 radical (unpaired) electrons. The van der Waals surface area contributed by atoms with Gasteiger partial charge in [0.15, 0.2) is 0 Å². The Labute approximate surface area is 236 Å². The predicted octanol–water partition coefficient (Wildman–Crippen LogP) is 4.35. The van der Waals surface area contributed by atoms with Gasteiger partial charge in [-0.25, -0.2) is 9.71 Å². The number of anilines is 1. The highest BCUT2D eigenvalue weighted by Crippen LogP contribution is 2.28. The Morgan fingerprint density at radius 2 is 1.55 bits per heavy atom. The Kier molecular flexibility index (Phi) is 8.39.